The number of benzene rings is 1. The van der Waals surface area contributed by atoms with E-state index in [9.17, 15) is 9.59 Å². The topological polar surface area (TPSA) is 63.1 Å². The van der Waals surface area contributed by atoms with E-state index in [1.807, 2.05) is 0 Å². The van der Waals surface area contributed by atoms with Crippen LogP contribution in [-0.2, 0) is 0 Å². The van der Waals surface area contributed by atoms with Crippen molar-refractivity contribution in [1.82, 2.24) is 4.98 Å². The zero-order valence-electron chi connectivity index (χ0n) is 8.82. The molecule has 0 atom stereocenters. The van der Waals surface area contributed by atoms with Crippen LogP contribution in [0.2, 0.25) is 0 Å². The average Bonchev–Trinajstić information content (AvgIpc) is 2.28. The van der Waals surface area contributed by atoms with Gasteiger partial charge >= 0.3 is 11.4 Å². The van der Waals surface area contributed by atoms with Gasteiger partial charge in [0.25, 0.3) is 0 Å². The molecule has 17 heavy (non-hydrogen) atoms. The molecular formula is C12H9NO3S. The molecule has 2 aromatic rings. The normalized spacial score (nSPS) is 9.94. The van der Waals surface area contributed by atoms with Crippen LogP contribution in [0.3, 0.4) is 0 Å². The van der Waals surface area contributed by atoms with E-state index in [2.05, 4.69) is 33.9 Å². The van der Waals surface area contributed by atoms with E-state index < -0.39 is 11.4 Å². The molecule has 0 bridgehead atoms. The summed E-state index contributed by atoms with van der Waals surface area (Å²) < 4.78 is 4.49. The Morgan fingerprint density at radius 3 is 2.94 bits per heavy atom. The molecule has 5 heteroatoms. The van der Waals surface area contributed by atoms with Crippen molar-refractivity contribution in [3.05, 3.63) is 44.7 Å². The van der Waals surface area contributed by atoms with Crippen molar-refractivity contribution in [1.29, 1.82) is 0 Å². The molecule has 1 aromatic carbocycles. The number of hydrogen-bond donors (Lipinski definition) is 2. The van der Waals surface area contributed by atoms with Crippen molar-refractivity contribution in [2.45, 2.75) is 6.42 Å². The van der Waals surface area contributed by atoms with E-state index in [4.69, 9.17) is 0 Å². The summed E-state index contributed by atoms with van der Waals surface area (Å²) in [5, 5.41) is 0.304. The second-order valence-corrected chi connectivity index (χ2v) is 3.75. The van der Waals surface area contributed by atoms with Gasteiger partial charge in [-0.15, -0.1) is 0 Å². The quantitative estimate of drug-likeness (QED) is 0.587. The van der Waals surface area contributed by atoms with Crippen LogP contribution in [0.15, 0.2) is 32.2 Å². The predicted octanol–water partition coefficient (Wildman–Crippen LogP) is 1.15. The molecule has 1 heterocycles. The van der Waals surface area contributed by atoms with Crippen LogP contribution >= 0.6 is 12.6 Å². The minimum absolute atomic E-state index is 0.304. The van der Waals surface area contributed by atoms with Gasteiger partial charge in [-0.1, -0.05) is 17.9 Å². The Morgan fingerprint density at radius 1 is 1.35 bits per heavy atom. The Bertz CT molecular complexity index is 718. The molecule has 0 unspecified atom stereocenters. The molecule has 86 valence electrons. The van der Waals surface area contributed by atoms with Crippen LogP contribution in [0.5, 0.6) is 0 Å². The average molecular weight is 247 g/mol. The van der Waals surface area contributed by atoms with Gasteiger partial charge in [-0.25, -0.2) is 9.59 Å². The summed E-state index contributed by atoms with van der Waals surface area (Å²) in [5.74, 6) is 5.65. The van der Waals surface area contributed by atoms with Gasteiger partial charge in [0, 0.05) is 17.7 Å². The van der Waals surface area contributed by atoms with E-state index in [-0.39, 0.29) is 0 Å². The summed E-state index contributed by atoms with van der Waals surface area (Å²) in [6.07, 6.45) is 0.633. The van der Waals surface area contributed by atoms with Gasteiger partial charge < -0.3 is 4.42 Å². The number of nitrogens with one attached hydrogen (secondary N) is 1. The third-order valence-electron chi connectivity index (χ3n) is 2.15. The lowest BCUT2D eigenvalue weighted by atomic mass is 10.1. The molecule has 0 aliphatic rings. The van der Waals surface area contributed by atoms with Crippen molar-refractivity contribution in [2.75, 3.05) is 5.75 Å². The smallest absolute Gasteiger partial charge is 0.372 e. The number of aromatic nitrogens is 1. The van der Waals surface area contributed by atoms with E-state index in [0.717, 1.165) is 0 Å². The summed E-state index contributed by atoms with van der Waals surface area (Å²) in [7, 11) is 0. The van der Waals surface area contributed by atoms with Gasteiger partial charge in [0.15, 0.2) is 0 Å². The molecule has 0 saturated carbocycles. The molecule has 0 spiro atoms. The van der Waals surface area contributed by atoms with Crippen LogP contribution in [0.1, 0.15) is 12.0 Å². The number of H-pyrrole nitrogens is 1. The van der Waals surface area contributed by atoms with Gasteiger partial charge in [0.05, 0.1) is 10.9 Å². The highest BCUT2D eigenvalue weighted by Gasteiger charge is 2.05. The van der Waals surface area contributed by atoms with Gasteiger partial charge in [-0.2, -0.15) is 12.6 Å². The number of aromatic amines is 1. The van der Waals surface area contributed by atoms with Gasteiger partial charge in [-0.3, -0.25) is 4.98 Å². The van der Waals surface area contributed by atoms with E-state index in [1.54, 1.807) is 18.2 Å². The van der Waals surface area contributed by atoms with Gasteiger partial charge in [0.1, 0.15) is 0 Å². The van der Waals surface area contributed by atoms with Crippen molar-refractivity contribution in [3.63, 3.8) is 0 Å². The highest BCUT2D eigenvalue weighted by Crippen LogP contribution is 2.10. The van der Waals surface area contributed by atoms with Crippen LogP contribution in [0, 0.1) is 11.8 Å². The van der Waals surface area contributed by atoms with E-state index in [1.165, 1.54) is 0 Å². The van der Waals surface area contributed by atoms with Crippen LogP contribution in [-0.4, -0.2) is 10.7 Å². The Balaban J connectivity index is 2.71. The summed E-state index contributed by atoms with van der Waals surface area (Å²) in [4.78, 5) is 25.0. The Kier molecular flexibility index (Phi) is 3.35. The molecular weight excluding hydrogens is 238 g/mol. The first-order valence-corrected chi connectivity index (χ1v) is 5.61. The molecule has 4 nitrogen and oxygen atoms in total. The standard InChI is InChI=1S/C12H9NO3S/c14-11-10-8(4-1-2-7-17)5-3-6-9(10)13-12(15)16-11/h3,5-6,17H,2,7H2,(H,13,15). The Hall–Kier alpha value is -1.93. The third-order valence-corrected chi connectivity index (χ3v) is 2.37. The number of hydrogen-bond acceptors (Lipinski definition) is 4. The fraction of sp³-hybridized carbons (Fsp3) is 0.167. The summed E-state index contributed by atoms with van der Waals surface area (Å²) in [6.45, 7) is 0. The van der Waals surface area contributed by atoms with Gasteiger partial charge in [0.2, 0.25) is 0 Å². The maximum absolute atomic E-state index is 11.6. The summed E-state index contributed by atoms with van der Waals surface area (Å²) >= 11 is 4.04. The molecule has 0 amide bonds. The first kappa shape index (κ1) is 11.6. The minimum Gasteiger partial charge on any atom is -0.372 e. The molecule has 0 radical (unpaired) electrons. The number of rotatable bonds is 1. The Labute approximate surface area is 102 Å². The first-order valence-electron chi connectivity index (χ1n) is 4.98. The van der Waals surface area contributed by atoms with Crippen molar-refractivity contribution < 1.29 is 4.42 Å². The van der Waals surface area contributed by atoms with Crippen LogP contribution in [0.4, 0.5) is 0 Å². The fourth-order valence-corrected chi connectivity index (χ4v) is 1.58. The maximum Gasteiger partial charge on any atom is 0.419 e. The van der Waals surface area contributed by atoms with Crippen LogP contribution < -0.4 is 11.4 Å². The largest absolute Gasteiger partial charge is 0.419 e. The number of thiol groups is 1. The summed E-state index contributed by atoms with van der Waals surface area (Å²) in [5.41, 5.74) is 0.317. The van der Waals surface area contributed by atoms with Crippen molar-refractivity contribution in [2.24, 2.45) is 0 Å². The zero-order chi connectivity index (χ0) is 12.3. The first-order chi connectivity index (χ1) is 8.22. The molecule has 0 fully saturated rings. The van der Waals surface area contributed by atoms with Crippen LogP contribution in [0.25, 0.3) is 10.9 Å². The molecule has 1 aromatic heterocycles. The zero-order valence-corrected chi connectivity index (χ0v) is 9.71. The van der Waals surface area contributed by atoms with Crippen molar-refractivity contribution >= 4 is 23.5 Å². The third kappa shape index (κ3) is 2.43. The summed E-state index contributed by atoms with van der Waals surface area (Å²) in [6, 6.07) is 5.07. The van der Waals surface area contributed by atoms with E-state index in [0.29, 0.717) is 28.6 Å². The maximum atomic E-state index is 11.6. The lowest BCUT2D eigenvalue weighted by Gasteiger charge is -1.97. The molecule has 1 N–H and O–H groups in total. The SMILES string of the molecule is O=c1[nH]c2cccc(C#CCCS)c2c(=O)o1. The fourth-order valence-electron chi connectivity index (χ4n) is 1.46. The monoisotopic (exact) mass is 247 g/mol. The Morgan fingerprint density at radius 2 is 2.18 bits per heavy atom. The lowest BCUT2D eigenvalue weighted by Crippen LogP contribution is -2.15. The minimum atomic E-state index is -0.761. The lowest BCUT2D eigenvalue weighted by molar-refractivity contribution is 0.460. The highest BCUT2D eigenvalue weighted by atomic mass is 32.1. The van der Waals surface area contributed by atoms with Gasteiger partial charge in [-0.05, 0) is 12.1 Å². The van der Waals surface area contributed by atoms with Crippen molar-refractivity contribution in [3.8, 4) is 11.8 Å². The predicted molar refractivity (Wildman–Crippen MR) is 68.5 cm³/mol. The molecule has 0 aliphatic heterocycles. The number of fused-ring (bicyclic) bond motifs is 1. The second kappa shape index (κ2) is 4.93. The second-order valence-electron chi connectivity index (χ2n) is 3.31. The van der Waals surface area contributed by atoms with E-state index >= 15 is 0 Å². The molecule has 0 saturated heterocycles. The molecule has 0 aliphatic carbocycles. The highest BCUT2D eigenvalue weighted by molar-refractivity contribution is 7.80. The molecule has 2 rings (SSSR count).